The van der Waals surface area contributed by atoms with Crippen LogP contribution in [0.1, 0.15) is 39.5 Å². The molecular formula is C9H16S. The third-order valence-corrected chi connectivity index (χ3v) is 1.77. The molecule has 1 heteroatoms. The summed E-state index contributed by atoms with van der Waals surface area (Å²) in [6.45, 7) is 4.35. The summed E-state index contributed by atoms with van der Waals surface area (Å²) in [4.78, 5) is 0. The number of hydrogen-bond donors (Lipinski definition) is 0. The molecule has 0 saturated heterocycles. The molecule has 0 rings (SSSR count). The Morgan fingerprint density at radius 3 is 2.60 bits per heavy atom. The lowest BCUT2D eigenvalue weighted by Gasteiger charge is -1.87. The molecule has 0 aromatic rings. The summed E-state index contributed by atoms with van der Waals surface area (Å²) in [6.07, 6.45) is 4.97. The van der Waals surface area contributed by atoms with E-state index in [1.165, 1.54) is 19.3 Å². The molecule has 58 valence electrons. The van der Waals surface area contributed by atoms with Gasteiger partial charge in [-0.3, -0.25) is 0 Å². The summed E-state index contributed by atoms with van der Waals surface area (Å²) in [5.74, 6) is 4.25. The molecular weight excluding hydrogens is 140 g/mol. The maximum absolute atomic E-state index is 3.13. The molecule has 0 radical (unpaired) electrons. The van der Waals surface area contributed by atoms with Gasteiger partial charge in [0.2, 0.25) is 0 Å². The Kier molecular flexibility index (Phi) is 8.83. The summed E-state index contributed by atoms with van der Waals surface area (Å²) in [5, 5.41) is 3.06. The van der Waals surface area contributed by atoms with Crippen LogP contribution in [0.25, 0.3) is 0 Å². The lowest BCUT2D eigenvalue weighted by molar-refractivity contribution is 0.737. The molecule has 0 N–H and O–H groups in total. The second-order valence-corrected chi connectivity index (χ2v) is 3.24. The summed E-state index contributed by atoms with van der Waals surface area (Å²) < 4.78 is 0. The predicted molar refractivity (Wildman–Crippen MR) is 50.1 cm³/mol. The van der Waals surface area contributed by atoms with Crippen LogP contribution in [0.2, 0.25) is 0 Å². The van der Waals surface area contributed by atoms with Gasteiger partial charge in [0.1, 0.15) is 0 Å². The van der Waals surface area contributed by atoms with E-state index < -0.39 is 0 Å². The van der Waals surface area contributed by atoms with Gasteiger partial charge in [0, 0.05) is 12.2 Å². The van der Waals surface area contributed by atoms with Gasteiger partial charge in [-0.2, -0.15) is 0 Å². The molecule has 0 heterocycles. The molecule has 0 unspecified atom stereocenters. The van der Waals surface area contributed by atoms with Crippen LogP contribution in [0, 0.1) is 11.2 Å². The van der Waals surface area contributed by atoms with Crippen LogP contribution < -0.4 is 0 Å². The van der Waals surface area contributed by atoms with Gasteiger partial charge >= 0.3 is 0 Å². The molecule has 0 spiro atoms. The van der Waals surface area contributed by atoms with E-state index in [1.807, 2.05) is 0 Å². The largest absolute Gasteiger partial charge is 0.0913 e. The minimum absolute atomic E-state index is 1.08. The van der Waals surface area contributed by atoms with Crippen molar-refractivity contribution in [2.24, 2.45) is 0 Å². The van der Waals surface area contributed by atoms with E-state index in [0.29, 0.717) is 0 Å². The fraction of sp³-hybridized carbons (Fsp3) is 0.778. The van der Waals surface area contributed by atoms with E-state index in [2.05, 4.69) is 25.0 Å². The lowest BCUT2D eigenvalue weighted by atomic mass is 10.2. The third-order valence-electron chi connectivity index (χ3n) is 1.19. The van der Waals surface area contributed by atoms with Gasteiger partial charge in [0.05, 0.1) is 0 Å². The molecule has 0 bridgehead atoms. The Morgan fingerprint density at radius 1 is 1.20 bits per heavy atom. The number of hydrogen-bond acceptors (Lipinski definition) is 1. The third kappa shape index (κ3) is 7.91. The highest BCUT2D eigenvalue weighted by Gasteiger charge is 1.79. The van der Waals surface area contributed by atoms with Gasteiger partial charge in [0.25, 0.3) is 0 Å². The highest BCUT2D eigenvalue weighted by Crippen LogP contribution is 1.98. The second kappa shape index (κ2) is 8.91. The van der Waals surface area contributed by atoms with Crippen molar-refractivity contribution in [2.75, 3.05) is 5.75 Å². The molecule has 0 aromatic heterocycles. The van der Waals surface area contributed by atoms with Crippen molar-refractivity contribution in [3.63, 3.8) is 0 Å². The average molecular weight is 156 g/mol. The molecule has 0 nitrogen and oxygen atoms in total. The first kappa shape index (κ1) is 9.91. The molecule has 0 amide bonds. The number of unbranched alkanes of at least 4 members (excludes halogenated alkanes) is 3. The average Bonchev–Trinajstić information content (AvgIpc) is 1.97. The van der Waals surface area contributed by atoms with Gasteiger partial charge < -0.3 is 0 Å². The van der Waals surface area contributed by atoms with E-state index in [0.717, 1.165) is 12.2 Å². The Hall–Kier alpha value is -0.0900. The predicted octanol–water partition coefficient (Wildman–Crippen LogP) is 3.28. The van der Waals surface area contributed by atoms with Gasteiger partial charge in [-0.1, -0.05) is 44.4 Å². The van der Waals surface area contributed by atoms with Crippen LogP contribution in [0.4, 0.5) is 0 Å². The zero-order valence-electron chi connectivity index (χ0n) is 6.94. The Bertz CT molecular complexity index is 108. The van der Waals surface area contributed by atoms with Crippen molar-refractivity contribution >= 4 is 11.8 Å². The molecule has 0 fully saturated rings. The van der Waals surface area contributed by atoms with Gasteiger partial charge in [-0.25, -0.2) is 0 Å². The molecule has 0 atom stereocenters. The van der Waals surface area contributed by atoms with Crippen molar-refractivity contribution in [1.82, 2.24) is 0 Å². The van der Waals surface area contributed by atoms with Gasteiger partial charge in [0.15, 0.2) is 0 Å². The van der Waals surface area contributed by atoms with Gasteiger partial charge in [-0.15, -0.1) is 0 Å². The van der Waals surface area contributed by atoms with Crippen molar-refractivity contribution in [3.8, 4) is 11.2 Å². The van der Waals surface area contributed by atoms with E-state index in [1.54, 1.807) is 11.8 Å². The first-order valence-corrected chi connectivity index (χ1v) is 5.00. The van der Waals surface area contributed by atoms with Crippen LogP contribution in [0.15, 0.2) is 0 Å². The van der Waals surface area contributed by atoms with Crippen LogP contribution in [0.5, 0.6) is 0 Å². The molecule has 0 aliphatic heterocycles. The fourth-order valence-electron chi connectivity index (χ4n) is 0.638. The summed E-state index contributed by atoms with van der Waals surface area (Å²) >= 11 is 1.71. The zero-order chi connectivity index (χ0) is 7.66. The molecule has 10 heavy (non-hydrogen) atoms. The zero-order valence-corrected chi connectivity index (χ0v) is 7.76. The first-order chi connectivity index (χ1) is 4.91. The molecule has 0 aromatic carbocycles. The first-order valence-electron chi connectivity index (χ1n) is 4.01. The quantitative estimate of drug-likeness (QED) is 0.444. The van der Waals surface area contributed by atoms with Crippen LogP contribution in [-0.2, 0) is 0 Å². The molecule has 0 aliphatic rings. The van der Waals surface area contributed by atoms with Crippen LogP contribution >= 0.6 is 11.8 Å². The van der Waals surface area contributed by atoms with Crippen molar-refractivity contribution in [1.29, 1.82) is 0 Å². The summed E-state index contributed by atoms with van der Waals surface area (Å²) in [7, 11) is 0. The monoisotopic (exact) mass is 156 g/mol. The normalized spacial score (nSPS) is 8.60. The Morgan fingerprint density at radius 2 is 2.00 bits per heavy atom. The van der Waals surface area contributed by atoms with Crippen LogP contribution in [-0.4, -0.2) is 5.75 Å². The van der Waals surface area contributed by atoms with Crippen molar-refractivity contribution < 1.29 is 0 Å². The highest BCUT2D eigenvalue weighted by molar-refractivity contribution is 8.03. The SMILES string of the molecule is CCCCCC#CSCC. The van der Waals surface area contributed by atoms with Crippen LogP contribution in [0.3, 0.4) is 0 Å². The number of thioether (sulfide) groups is 1. The number of rotatable bonds is 4. The Balaban J connectivity index is 2.96. The molecule has 0 saturated carbocycles. The summed E-state index contributed by atoms with van der Waals surface area (Å²) in [6, 6.07) is 0. The molecule has 0 aliphatic carbocycles. The maximum atomic E-state index is 3.13. The summed E-state index contributed by atoms with van der Waals surface area (Å²) in [5.41, 5.74) is 0. The van der Waals surface area contributed by atoms with Crippen molar-refractivity contribution in [3.05, 3.63) is 0 Å². The van der Waals surface area contributed by atoms with E-state index in [9.17, 15) is 0 Å². The second-order valence-electron chi connectivity index (χ2n) is 2.17. The minimum Gasteiger partial charge on any atom is -0.0913 e. The Labute approximate surface area is 68.8 Å². The minimum atomic E-state index is 1.08. The van der Waals surface area contributed by atoms with E-state index in [-0.39, 0.29) is 0 Å². The maximum Gasteiger partial charge on any atom is 0.00976 e. The lowest BCUT2D eigenvalue weighted by Crippen LogP contribution is -1.70. The van der Waals surface area contributed by atoms with E-state index in [4.69, 9.17) is 0 Å². The van der Waals surface area contributed by atoms with Crippen molar-refractivity contribution in [2.45, 2.75) is 39.5 Å². The smallest absolute Gasteiger partial charge is 0.00976 e. The fourth-order valence-corrected chi connectivity index (χ4v) is 0.986. The van der Waals surface area contributed by atoms with E-state index >= 15 is 0 Å². The topological polar surface area (TPSA) is 0 Å². The standard InChI is InChI=1S/C9H16S/c1-3-5-6-7-8-9-10-4-2/h3-7H2,1-2H3. The van der Waals surface area contributed by atoms with Gasteiger partial charge in [-0.05, 0) is 11.7 Å². The highest BCUT2D eigenvalue weighted by atomic mass is 32.2.